The Morgan fingerprint density at radius 3 is 3.00 bits per heavy atom. The molecule has 0 aliphatic carbocycles. The predicted octanol–water partition coefficient (Wildman–Crippen LogP) is 3.13. The number of ether oxygens (including phenoxy) is 2. The number of fused-ring (bicyclic) bond motifs is 1. The second kappa shape index (κ2) is 7.62. The molecule has 0 N–H and O–H groups in total. The van der Waals surface area contributed by atoms with E-state index in [0.29, 0.717) is 30.4 Å². The minimum atomic E-state index is -0.00805. The quantitative estimate of drug-likeness (QED) is 0.846. The van der Waals surface area contributed by atoms with Crippen LogP contribution in [-0.2, 0) is 4.74 Å². The van der Waals surface area contributed by atoms with Gasteiger partial charge in [-0.2, -0.15) is 0 Å². The number of rotatable bonds is 5. The molecule has 1 saturated heterocycles. The third kappa shape index (κ3) is 3.36. The molecule has 0 spiro atoms. The maximum Gasteiger partial charge on any atom is 0.259 e. The molecule has 1 aromatic heterocycles. The average Bonchev–Trinajstić information content (AvgIpc) is 2.65. The maximum atomic E-state index is 13.0. The Morgan fingerprint density at radius 2 is 2.21 bits per heavy atom. The fraction of sp³-hybridized carbons (Fsp3) is 0.474. The number of piperidine rings is 1. The molecule has 5 nitrogen and oxygen atoms in total. The summed E-state index contributed by atoms with van der Waals surface area (Å²) < 4.78 is 11.1. The van der Waals surface area contributed by atoms with Crippen LogP contribution in [0.25, 0.3) is 10.9 Å². The van der Waals surface area contributed by atoms with Crippen LogP contribution in [0.4, 0.5) is 0 Å². The van der Waals surface area contributed by atoms with Crippen LogP contribution < -0.4 is 4.74 Å². The molecule has 0 saturated carbocycles. The minimum Gasteiger partial charge on any atom is -0.495 e. The van der Waals surface area contributed by atoms with E-state index in [1.165, 1.54) is 0 Å². The van der Waals surface area contributed by atoms with Crippen LogP contribution >= 0.6 is 0 Å². The third-order valence-electron chi connectivity index (χ3n) is 4.52. The molecule has 1 amide bonds. The van der Waals surface area contributed by atoms with Crippen LogP contribution in [0.2, 0.25) is 0 Å². The van der Waals surface area contributed by atoms with Crippen molar-refractivity contribution < 1.29 is 14.3 Å². The van der Waals surface area contributed by atoms with E-state index in [2.05, 4.69) is 4.98 Å². The molecular weight excluding hydrogens is 304 g/mol. The molecule has 1 atom stereocenters. The zero-order valence-electron chi connectivity index (χ0n) is 14.3. The highest BCUT2D eigenvalue weighted by atomic mass is 16.5. The van der Waals surface area contributed by atoms with Gasteiger partial charge in [0.1, 0.15) is 11.3 Å². The standard InChI is InChI=1S/C19H24N2O3/c1-3-24-13-14-7-6-10-21(12-14)19(22)16-11-20-17-9-5-4-8-15(17)18(16)23-2/h4-5,8-9,11,14H,3,6-7,10,12-13H2,1-2H3. The fourth-order valence-corrected chi connectivity index (χ4v) is 3.33. The molecule has 2 heterocycles. The van der Waals surface area contributed by atoms with Crippen LogP contribution in [-0.4, -0.2) is 49.2 Å². The summed E-state index contributed by atoms with van der Waals surface area (Å²) in [5, 5.41) is 0.869. The van der Waals surface area contributed by atoms with Gasteiger partial charge in [0.05, 0.1) is 19.2 Å². The van der Waals surface area contributed by atoms with Crippen molar-refractivity contribution in [3.05, 3.63) is 36.0 Å². The van der Waals surface area contributed by atoms with Gasteiger partial charge in [0.15, 0.2) is 0 Å². The summed E-state index contributed by atoms with van der Waals surface area (Å²) in [5.74, 6) is 1.01. The van der Waals surface area contributed by atoms with Gasteiger partial charge < -0.3 is 14.4 Å². The normalized spacial score (nSPS) is 17.9. The highest BCUT2D eigenvalue weighted by Gasteiger charge is 2.27. The molecular formula is C19H24N2O3. The lowest BCUT2D eigenvalue weighted by Gasteiger charge is -2.33. The van der Waals surface area contributed by atoms with Crippen molar-refractivity contribution in [2.45, 2.75) is 19.8 Å². The summed E-state index contributed by atoms with van der Waals surface area (Å²) >= 11 is 0. The first kappa shape index (κ1) is 16.7. The fourth-order valence-electron chi connectivity index (χ4n) is 3.33. The van der Waals surface area contributed by atoms with Crippen molar-refractivity contribution in [2.75, 3.05) is 33.4 Å². The van der Waals surface area contributed by atoms with E-state index in [9.17, 15) is 4.79 Å². The molecule has 2 aromatic rings. The Labute approximate surface area is 142 Å². The smallest absolute Gasteiger partial charge is 0.259 e. The first-order chi connectivity index (χ1) is 11.7. The molecule has 3 rings (SSSR count). The predicted molar refractivity (Wildman–Crippen MR) is 93.4 cm³/mol. The Kier molecular flexibility index (Phi) is 5.30. The zero-order valence-corrected chi connectivity index (χ0v) is 14.3. The Morgan fingerprint density at radius 1 is 1.38 bits per heavy atom. The molecule has 128 valence electrons. The molecule has 1 fully saturated rings. The monoisotopic (exact) mass is 328 g/mol. The van der Waals surface area contributed by atoms with Crippen LogP contribution in [0.5, 0.6) is 5.75 Å². The van der Waals surface area contributed by atoms with Crippen LogP contribution in [0, 0.1) is 5.92 Å². The van der Waals surface area contributed by atoms with Crippen molar-refractivity contribution in [3.63, 3.8) is 0 Å². The lowest BCUT2D eigenvalue weighted by molar-refractivity contribution is 0.0498. The van der Waals surface area contributed by atoms with Crippen LogP contribution in [0.1, 0.15) is 30.1 Å². The summed E-state index contributed by atoms with van der Waals surface area (Å²) in [4.78, 5) is 19.3. The number of aromatic nitrogens is 1. The summed E-state index contributed by atoms with van der Waals surface area (Å²) in [5.41, 5.74) is 1.37. The number of amides is 1. The minimum absolute atomic E-state index is 0.00805. The van der Waals surface area contributed by atoms with Crippen molar-refractivity contribution in [1.29, 1.82) is 0 Å². The maximum absolute atomic E-state index is 13.0. The number of carbonyl (C=O) groups is 1. The van der Waals surface area contributed by atoms with Gasteiger partial charge in [0, 0.05) is 31.3 Å². The van der Waals surface area contributed by atoms with E-state index in [-0.39, 0.29) is 5.91 Å². The number of pyridine rings is 1. The number of methoxy groups -OCH3 is 1. The second-order valence-electron chi connectivity index (χ2n) is 6.14. The number of hydrogen-bond donors (Lipinski definition) is 0. The topological polar surface area (TPSA) is 51.7 Å². The van der Waals surface area contributed by atoms with Gasteiger partial charge in [-0.15, -0.1) is 0 Å². The van der Waals surface area contributed by atoms with Gasteiger partial charge >= 0.3 is 0 Å². The molecule has 5 heteroatoms. The van der Waals surface area contributed by atoms with Gasteiger partial charge in [-0.25, -0.2) is 0 Å². The molecule has 1 aliphatic rings. The number of likely N-dealkylation sites (tertiary alicyclic amines) is 1. The van der Waals surface area contributed by atoms with Gasteiger partial charge in [-0.1, -0.05) is 12.1 Å². The van der Waals surface area contributed by atoms with Gasteiger partial charge in [-0.05, 0) is 37.8 Å². The number of para-hydroxylation sites is 1. The lowest BCUT2D eigenvalue weighted by Crippen LogP contribution is -2.41. The largest absolute Gasteiger partial charge is 0.495 e. The van der Waals surface area contributed by atoms with Crippen molar-refractivity contribution >= 4 is 16.8 Å². The number of hydrogen-bond acceptors (Lipinski definition) is 4. The number of benzene rings is 1. The summed E-state index contributed by atoms with van der Waals surface area (Å²) in [6.45, 7) is 4.93. The van der Waals surface area contributed by atoms with E-state index in [4.69, 9.17) is 9.47 Å². The van der Waals surface area contributed by atoms with Crippen molar-refractivity contribution in [3.8, 4) is 5.75 Å². The van der Waals surface area contributed by atoms with E-state index in [1.54, 1.807) is 13.3 Å². The van der Waals surface area contributed by atoms with Crippen molar-refractivity contribution in [1.82, 2.24) is 9.88 Å². The highest BCUT2D eigenvalue weighted by Crippen LogP contribution is 2.30. The van der Waals surface area contributed by atoms with Gasteiger partial charge in [-0.3, -0.25) is 9.78 Å². The van der Waals surface area contributed by atoms with Gasteiger partial charge in [0.25, 0.3) is 5.91 Å². The molecule has 1 aromatic carbocycles. The van der Waals surface area contributed by atoms with E-state index >= 15 is 0 Å². The van der Waals surface area contributed by atoms with E-state index in [0.717, 1.165) is 36.8 Å². The summed E-state index contributed by atoms with van der Waals surface area (Å²) in [6, 6.07) is 7.72. The molecule has 1 unspecified atom stereocenters. The van der Waals surface area contributed by atoms with Crippen molar-refractivity contribution in [2.24, 2.45) is 5.92 Å². The first-order valence-corrected chi connectivity index (χ1v) is 8.53. The number of nitrogens with zero attached hydrogens (tertiary/aromatic N) is 2. The molecule has 24 heavy (non-hydrogen) atoms. The Hall–Kier alpha value is -2.14. The van der Waals surface area contributed by atoms with Crippen LogP contribution in [0.15, 0.2) is 30.5 Å². The SMILES string of the molecule is CCOCC1CCCN(C(=O)c2cnc3ccccc3c2OC)C1. The number of carbonyl (C=O) groups excluding carboxylic acids is 1. The van der Waals surface area contributed by atoms with E-state index in [1.807, 2.05) is 36.1 Å². The molecule has 0 radical (unpaired) electrons. The molecule has 0 bridgehead atoms. The molecule has 1 aliphatic heterocycles. The lowest BCUT2D eigenvalue weighted by atomic mass is 9.98. The Balaban J connectivity index is 1.85. The Bertz CT molecular complexity index is 717. The zero-order chi connectivity index (χ0) is 16.9. The van der Waals surface area contributed by atoms with Gasteiger partial charge in [0.2, 0.25) is 0 Å². The van der Waals surface area contributed by atoms with Crippen LogP contribution in [0.3, 0.4) is 0 Å². The summed E-state index contributed by atoms with van der Waals surface area (Å²) in [6.07, 6.45) is 3.75. The first-order valence-electron chi connectivity index (χ1n) is 8.53. The van der Waals surface area contributed by atoms with E-state index < -0.39 is 0 Å². The second-order valence-corrected chi connectivity index (χ2v) is 6.14. The third-order valence-corrected chi connectivity index (χ3v) is 4.52. The summed E-state index contributed by atoms with van der Waals surface area (Å²) in [7, 11) is 1.60. The highest BCUT2D eigenvalue weighted by molar-refractivity contribution is 6.02. The average molecular weight is 328 g/mol.